The van der Waals surface area contributed by atoms with Gasteiger partial charge in [0.15, 0.2) is 5.78 Å². The van der Waals surface area contributed by atoms with Gasteiger partial charge >= 0.3 is 0 Å². The minimum Gasteiger partial charge on any atom is -0.298 e. The first-order chi connectivity index (χ1) is 6.65. The highest BCUT2D eigenvalue weighted by Gasteiger charge is 2.03. The molecule has 0 saturated heterocycles. The van der Waals surface area contributed by atoms with E-state index in [1.165, 1.54) is 0 Å². The predicted octanol–water partition coefficient (Wildman–Crippen LogP) is 1.78. The smallest absolute Gasteiger partial charge is 0.151 e. The molecule has 0 unspecified atom stereocenters. The van der Waals surface area contributed by atoms with Crippen LogP contribution in [0.15, 0.2) is 23.1 Å². The SMILES string of the molecule is CC(=O)Cn1cc2cc(Br)ncc2n1. The van der Waals surface area contributed by atoms with E-state index in [0.29, 0.717) is 6.54 Å². The summed E-state index contributed by atoms with van der Waals surface area (Å²) in [6.07, 6.45) is 3.51. The minimum absolute atomic E-state index is 0.0878. The molecule has 0 radical (unpaired) electrons. The number of Topliss-reactive ketones (excluding diaryl/α,β-unsaturated/α-hetero) is 1. The van der Waals surface area contributed by atoms with Gasteiger partial charge < -0.3 is 0 Å². The van der Waals surface area contributed by atoms with Crippen molar-refractivity contribution in [2.45, 2.75) is 13.5 Å². The molecule has 0 saturated carbocycles. The van der Waals surface area contributed by atoms with Gasteiger partial charge in [-0.05, 0) is 28.9 Å². The molecule has 14 heavy (non-hydrogen) atoms. The maximum absolute atomic E-state index is 10.9. The first-order valence-corrected chi connectivity index (χ1v) is 4.92. The van der Waals surface area contributed by atoms with Gasteiger partial charge in [-0.15, -0.1) is 0 Å². The Morgan fingerprint density at radius 3 is 3.14 bits per heavy atom. The Balaban J connectivity index is 2.46. The van der Waals surface area contributed by atoms with Crippen molar-refractivity contribution in [3.63, 3.8) is 0 Å². The first-order valence-electron chi connectivity index (χ1n) is 4.13. The van der Waals surface area contributed by atoms with Crippen molar-refractivity contribution in [3.8, 4) is 0 Å². The Labute approximate surface area is 89.1 Å². The highest BCUT2D eigenvalue weighted by Crippen LogP contribution is 2.15. The fraction of sp³-hybridized carbons (Fsp3) is 0.222. The third kappa shape index (κ3) is 1.82. The molecule has 2 heterocycles. The number of fused-ring (bicyclic) bond motifs is 1. The van der Waals surface area contributed by atoms with E-state index in [4.69, 9.17) is 0 Å². The second kappa shape index (κ2) is 3.49. The highest BCUT2D eigenvalue weighted by atomic mass is 79.9. The Morgan fingerprint density at radius 2 is 2.43 bits per heavy atom. The van der Waals surface area contributed by atoms with E-state index < -0.39 is 0 Å². The van der Waals surface area contributed by atoms with Gasteiger partial charge in [0, 0.05) is 11.6 Å². The maximum Gasteiger partial charge on any atom is 0.151 e. The highest BCUT2D eigenvalue weighted by molar-refractivity contribution is 9.10. The molecule has 2 rings (SSSR count). The largest absolute Gasteiger partial charge is 0.298 e. The monoisotopic (exact) mass is 253 g/mol. The quantitative estimate of drug-likeness (QED) is 0.767. The summed E-state index contributed by atoms with van der Waals surface area (Å²) in [7, 11) is 0. The van der Waals surface area contributed by atoms with E-state index in [1.807, 2.05) is 12.3 Å². The van der Waals surface area contributed by atoms with Gasteiger partial charge in [0.2, 0.25) is 0 Å². The summed E-state index contributed by atoms with van der Waals surface area (Å²) in [5.41, 5.74) is 0.800. The molecule has 2 aromatic heterocycles. The molecule has 4 nitrogen and oxygen atoms in total. The molecule has 0 atom stereocenters. The molecule has 0 amide bonds. The fourth-order valence-corrected chi connectivity index (χ4v) is 1.61. The van der Waals surface area contributed by atoms with E-state index in [2.05, 4.69) is 26.0 Å². The van der Waals surface area contributed by atoms with Crippen molar-refractivity contribution in [1.82, 2.24) is 14.8 Å². The molecule has 5 heteroatoms. The Hall–Kier alpha value is -1.23. The predicted molar refractivity (Wildman–Crippen MR) is 55.9 cm³/mol. The van der Waals surface area contributed by atoms with Gasteiger partial charge in [-0.3, -0.25) is 9.48 Å². The lowest BCUT2D eigenvalue weighted by molar-refractivity contribution is -0.117. The number of halogens is 1. The van der Waals surface area contributed by atoms with Crippen LogP contribution in [0.2, 0.25) is 0 Å². The zero-order valence-electron chi connectivity index (χ0n) is 7.57. The van der Waals surface area contributed by atoms with Crippen LogP contribution < -0.4 is 0 Å². The van der Waals surface area contributed by atoms with E-state index >= 15 is 0 Å². The Kier molecular flexibility index (Phi) is 2.33. The van der Waals surface area contributed by atoms with Crippen LogP contribution in [-0.4, -0.2) is 20.5 Å². The van der Waals surface area contributed by atoms with Gasteiger partial charge in [-0.1, -0.05) is 0 Å². The summed E-state index contributed by atoms with van der Waals surface area (Å²) in [5.74, 6) is 0.0878. The van der Waals surface area contributed by atoms with Crippen molar-refractivity contribution in [1.29, 1.82) is 0 Å². The lowest BCUT2D eigenvalue weighted by Gasteiger charge is -1.93. The molecule has 0 aliphatic rings. The van der Waals surface area contributed by atoms with Gasteiger partial charge in [0.25, 0.3) is 0 Å². The van der Waals surface area contributed by atoms with Crippen LogP contribution >= 0.6 is 15.9 Å². The van der Waals surface area contributed by atoms with Gasteiger partial charge in [0.1, 0.15) is 10.1 Å². The molecule has 0 aliphatic carbocycles. The van der Waals surface area contributed by atoms with Crippen LogP contribution in [-0.2, 0) is 11.3 Å². The fourth-order valence-electron chi connectivity index (χ4n) is 1.26. The van der Waals surface area contributed by atoms with Crippen molar-refractivity contribution >= 4 is 32.6 Å². The van der Waals surface area contributed by atoms with E-state index in [0.717, 1.165) is 15.5 Å². The number of rotatable bonds is 2. The van der Waals surface area contributed by atoms with Crippen molar-refractivity contribution < 1.29 is 4.79 Å². The average molecular weight is 254 g/mol. The second-order valence-electron chi connectivity index (χ2n) is 3.09. The lowest BCUT2D eigenvalue weighted by Crippen LogP contribution is -2.05. The topological polar surface area (TPSA) is 47.8 Å². The summed E-state index contributed by atoms with van der Waals surface area (Å²) in [6, 6.07) is 1.87. The maximum atomic E-state index is 10.9. The van der Waals surface area contributed by atoms with Crippen LogP contribution in [0.4, 0.5) is 0 Å². The summed E-state index contributed by atoms with van der Waals surface area (Å²) < 4.78 is 2.40. The first kappa shape index (κ1) is 9.33. The molecule has 0 bridgehead atoms. The number of hydrogen-bond donors (Lipinski definition) is 0. The number of ketones is 1. The molecular weight excluding hydrogens is 246 g/mol. The van der Waals surface area contributed by atoms with Crippen LogP contribution in [0.3, 0.4) is 0 Å². The number of aromatic nitrogens is 3. The zero-order chi connectivity index (χ0) is 10.1. The van der Waals surface area contributed by atoms with Crippen LogP contribution in [0.5, 0.6) is 0 Å². The summed E-state index contributed by atoms with van der Waals surface area (Å²) >= 11 is 3.28. The number of pyridine rings is 1. The Bertz CT molecular complexity index is 492. The van der Waals surface area contributed by atoms with Crippen molar-refractivity contribution in [3.05, 3.63) is 23.1 Å². The summed E-state index contributed by atoms with van der Waals surface area (Å²) in [5, 5.41) is 5.19. The molecule has 72 valence electrons. The molecule has 0 fully saturated rings. The van der Waals surface area contributed by atoms with Crippen molar-refractivity contribution in [2.75, 3.05) is 0 Å². The van der Waals surface area contributed by atoms with Crippen LogP contribution in [0.1, 0.15) is 6.92 Å². The van der Waals surface area contributed by atoms with E-state index in [1.54, 1.807) is 17.8 Å². The lowest BCUT2D eigenvalue weighted by atomic mass is 10.3. The molecule has 0 spiro atoms. The standard InChI is InChI=1S/C9H8BrN3O/c1-6(14)4-13-5-7-2-9(10)11-3-8(7)12-13/h2-3,5H,4H2,1H3. The zero-order valence-corrected chi connectivity index (χ0v) is 9.15. The van der Waals surface area contributed by atoms with Crippen LogP contribution in [0, 0.1) is 0 Å². The summed E-state index contributed by atoms with van der Waals surface area (Å²) in [4.78, 5) is 14.9. The van der Waals surface area contributed by atoms with Crippen molar-refractivity contribution in [2.24, 2.45) is 0 Å². The average Bonchev–Trinajstić information content (AvgIpc) is 2.44. The van der Waals surface area contributed by atoms with Crippen LogP contribution in [0.25, 0.3) is 10.9 Å². The number of nitrogens with zero attached hydrogens (tertiary/aromatic N) is 3. The minimum atomic E-state index is 0.0878. The molecule has 0 aliphatic heterocycles. The number of hydrogen-bond acceptors (Lipinski definition) is 3. The number of carbonyl (C=O) groups excluding carboxylic acids is 1. The molecular formula is C9H8BrN3O. The Morgan fingerprint density at radius 1 is 1.64 bits per heavy atom. The van der Waals surface area contributed by atoms with Gasteiger partial charge in [-0.25, -0.2) is 4.98 Å². The van der Waals surface area contributed by atoms with E-state index in [-0.39, 0.29) is 5.78 Å². The number of carbonyl (C=O) groups is 1. The van der Waals surface area contributed by atoms with Gasteiger partial charge in [-0.2, -0.15) is 5.10 Å². The van der Waals surface area contributed by atoms with E-state index in [9.17, 15) is 4.79 Å². The third-order valence-electron chi connectivity index (χ3n) is 1.79. The summed E-state index contributed by atoms with van der Waals surface area (Å²) in [6.45, 7) is 1.85. The second-order valence-corrected chi connectivity index (χ2v) is 3.91. The molecule has 0 aromatic carbocycles. The molecule has 0 N–H and O–H groups in total. The van der Waals surface area contributed by atoms with Gasteiger partial charge in [0.05, 0.1) is 12.7 Å². The normalized spacial score (nSPS) is 10.7. The molecule has 2 aromatic rings. The third-order valence-corrected chi connectivity index (χ3v) is 2.22.